The number of allylic oxidation sites excluding steroid dienone is 3. The van der Waals surface area contributed by atoms with E-state index < -0.39 is 0 Å². The first-order valence-corrected chi connectivity index (χ1v) is 4.39. The lowest BCUT2D eigenvalue weighted by molar-refractivity contribution is 0.629. The molecule has 50 valence electrons. The summed E-state index contributed by atoms with van der Waals surface area (Å²) in [4.78, 5) is 0. The standard InChI is InChI=1S/C8H11I/c1-2-7-4-3-5-8(9)6-7/h2,6-7H,1,3-5H2/t7-/m0/s1. The van der Waals surface area contributed by atoms with Crippen LogP contribution in [-0.4, -0.2) is 0 Å². The Balaban J connectivity index is 2.56. The Morgan fingerprint density at radius 3 is 3.00 bits per heavy atom. The Morgan fingerprint density at radius 2 is 2.56 bits per heavy atom. The molecule has 1 aliphatic carbocycles. The third kappa shape index (κ3) is 2.12. The van der Waals surface area contributed by atoms with Gasteiger partial charge in [0.1, 0.15) is 0 Å². The van der Waals surface area contributed by atoms with Gasteiger partial charge in [-0.05, 0) is 51.4 Å². The van der Waals surface area contributed by atoms with E-state index in [1.54, 1.807) is 0 Å². The zero-order valence-corrected chi connectivity index (χ0v) is 7.60. The number of hydrogen-bond donors (Lipinski definition) is 0. The summed E-state index contributed by atoms with van der Waals surface area (Å²) in [6.45, 7) is 3.77. The second-order valence-corrected chi connectivity index (χ2v) is 3.79. The van der Waals surface area contributed by atoms with Gasteiger partial charge in [0.05, 0.1) is 0 Å². The Kier molecular flexibility index (Phi) is 2.76. The molecule has 1 rings (SSSR count). The fraction of sp³-hybridized carbons (Fsp3) is 0.500. The second-order valence-electron chi connectivity index (χ2n) is 2.41. The van der Waals surface area contributed by atoms with Crippen molar-refractivity contribution in [3.63, 3.8) is 0 Å². The Labute approximate surface area is 70.2 Å². The molecule has 0 unspecified atom stereocenters. The minimum absolute atomic E-state index is 0.658. The predicted molar refractivity (Wildman–Crippen MR) is 49.6 cm³/mol. The van der Waals surface area contributed by atoms with Crippen molar-refractivity contribution in [2.45, 2.75) is 19.3 Å². The van der Waals surface area contributed by atoms with Crippen molar-refractivity contribution in [2.24, 2.45) is 5.92 Å². The largest absolute Gasteiger partial charge is 0.102 e. The average Bonchev–Trinajstić information content (AvgIpc) is 1.88. The molecule has 0 aliphatic heterocycles. The maximum absolute atomic E-state index is 3.77. The van der Waals surface area contributed by atoms with Crippen LogP contribution in [0.3, 0.4) is 0 Å². The van der Waals surface area contributed by atoms with Crippen LogP contribution in [0.1, 0.15) is 19.3 Å². The lowest BCUT2D eigenvalue weighted by Gasteiger charge is -2.13. The lowest BCUT2D eigenvalue weighted by atomic mass is 9.96. The molecule has 0 fully saturated rings. The summed E-state index contributed by atoms with van der Waals surface area (Å²) in [5.41, 5.74) is 0. The van der Waals surface area contributed by atoms with Crippen LogP contribution < -0.4 is 0 Å². The van der Waals surface area contributed by atoms with Gasteiger partial charge in [0.2, 0.25) is 0 Å². The molecular weight excluding hydrogens is 223 g/mol. The SMILES string of the molecule is C=C[C@@H]1C=C(I)CCC1. The summed E-state index contributed by atoms with van der Waals surface area (Å²) in [5.74, 6) is 0.658. The van der Waals surface area contributed by atoms with Crippen LogP contribution in [0.2, 0.25) is 0 Å². The summed E-state index contributed by atoms with van der Waals surface area (Å²) in [6.07, 6.45) is 8.28. The molecule has 0 spiro atoms. The number of rotatable bonds is 1. The number of halogens is 1. The molecule has 0 N–H and O–H groups in total. The maximum atomic E-state index is 3.77. The molecule has 1 aliphatic rings. The highest BCUT2D eigenvalue weighted by atomic mass is 127. The maximum Gasteiger partial charge on any atom is -0.00458 e. The first-order valence-electron chi connectivity index (χ1n) is 3.31. The minimum Gasteiger partial charge on any atom is -0.102 e. The van der Waals surface area contributed by atoms with Crippen molar-refractivity contribution in [1.82, 2.24) is 0 Å². The van der Waals surface area contributed by atoms with Crippen molar-refractivity contribution >= 4 is 22.6 Å². The van der Waals surface area contributed by atoms with Crippen LogP contribution in [0.4, 0.5) is 0 Å². The Hall–Kier alpha value is 0.210. The zero-order valence-electron chi connectivity index (χ0n) is 5.44. The monoisotopic (exact) mass is 234 g/mol. The summed E-state index contributed by atoms with van der Waals surface area (Å²) >= 11 is 2.41. The van der Waals surface area contributed by atoms with Gasteiger partial charge in [-0.15, -0.1) is 6.58 Å². The lowest BCUT2D eigenvalue weighted by Crippen LogP contribution is -1.97. The second kappa shape index (κ2) is 3.40. The summed E-state index contributed by atoms with van der Waals surface area (Å²) in [7, 11) is 0. The van der Waals surface area contributed by atoms with E-state index in [0.29, 0.717) is 5.92 Å². The van der Waals surface area contributed by atoms with E-state index in [-0.39, 0.29) is 0 Å². The van der Waals surface area contributed by atoms with E-state index in [1.807, 2.05) is 6.08 Å². The van der Waals surface area contributed by atoms with E-state index in [4.69, 9.17) is 0 Å². The van der Waals surface area contributed by atoms with Crippen molar-refractivity contribution in [2.75, 3.05) is 0 Å². The molecule has 0 bridgehead atoms. The van der Waals surface area contributed by atoms with E-state index in [1.165, 1.54) is 22.8 Å². The molecule has 0 saturated carbocycles. The molecule has 1 atom stereocenters. The molecule has 1 heteroatoms. The predicted octanol–water partition coefficient (Wildman–Crippen LogP) is 3.29. The average molecular weight is 234 g/mol. The summed E-state index contributed by atoms with van der Waals surface area (Å²) < 4.78 is 1.50. The molecule has 0 aromatic heterocycles. The molecule has 9 heavy (non-hydrogen) atoms. The van der Waals surface area contributed by atoms with E-state index in [9.17, 15) is 0 Å². The van der Waals surface area contributed by atoms with Crippen molar-refractivity contribution in [3.05, 3.63) is 22.3 Å². The molecule has 0 aromatic carbocycles. The molecular formula is C8H11I. The zero-order chi connectivity index (χ0) is 6.69. The molecule has 0 heterocycles. The van der Waals surface area contributed by atoms with Crippen molar-refractivity contribution in [3.8, 4) is 0 Å². The van der Waals surface area contributed by atoms with Gasteiger partial charge in [0, 0.05) is 0 Å². The molecule has 0 nitrogen and oxygen atoms in total. The van der Waals surface area contributed by atoms with E-state index in [2.05, 4.69) is 35.2 Å². The van der Waals surface area contributed by atoms with Crippen LogP contribution in [0.5, 0.6) is 0 Å². The Bertz CT molecular complexity index is 136. The van der Waals surface area contributed by atoms with Gasteiger partial charge < -0.3 is 0 Å². The normalized spacial score (nSPS) is 27.2. The van der Waals surface area contributed by atoms with Crippen LogP contribution in [0.15, 0.2) is 22.3 Å². The fourth-order valence-electron chi connectivity index (χ4n) is 1.09. The fourth-order valence-corrected chi connectivity index (χ4v) is 1.93. The van der Waals surface area contributed by atoms with Gasteiger partial charge in [0.25, 0.3) is 0 Å². The van der Waals surface area contributed by atoms with Crippen LogP contribution in [0.25, 0.3) is 0 Å². The van der Waals surface area contributed by atoms with E-state index >= 15 is 0 Å². The van der Waals surface area contributed by atoms with Gasteiger partial charge in [-0.1, -0.05) is 12.2 Å². The molecule has 0 amide bonds. The number of hydrogen-bond acceptors (Lipinski definition) is 0. The van der Waals surface area contributed by atoms with Gasteiger partial charge in [0.15, 0.2) is 0 Å². The van der Waals surface area contributed by atoms with Crippen molar-refractivity contribution in [1.29, 1.82) is 0 Å². The minimum atomic E-state index is 0.658. The summed E-state index contributed by atoms with van der Waals surface area (Å²) in [6, 6.07) is 0. The highest BCUT2D eigenvalue weighted by Crippen LogP contribution is 2.26. The Morgan fingerprint density at radius 1 is 1.78 bits per heavy atom. The third-order valence-electron chi connectivity index (χ3n) is 1.65. The third-order valence-corrected chi connectivity index (χ3v) is 2.55. The van der Waals surface area contributed by atoms with Gasteiger partial charge in [-0.25, -0.2) is 0 Å². The molecule has 0 aromatic rings. The smallest absolute Gasteiger partial charge is 0.00458 e. The van der Waals surface area contributed by atoms with Crippen LogP contribution in [-0.2, 0) is 0 Å². The first kappa shape index (κ1) is 7.32. The quantitative estimate of drug-likeness (QED) is 0.482. The summed E-state index contributed by atoms with van der Waals surface area (Å²) in [5, 5.41) is 0. The highest BCUT2D eigenvalue weighted by Gasteiger charge is 2.07. The van der Waals surface area contributed by atoms with Crippen LogP contribution >= 0.6 is 22.6 Å². The van der Waals surface area contributed by atoms with Crippen LogP contribution in [0, 0.1) is 5.92 Å². The molecule has 0 radical (unpaired) electrons. The first-order chi connectivity index (χ1) is 4.33. The van der Waals surface area contributed by atoms with Gasteiger partial charge in [-0.3, -0.25) is 0 Å². The van der Waals surface area contributed by atoms with Crippen molar-refractivity contribution < 1.29 is 0 Å². The topological polar surface area (TPSA) is 0 Å². The van der Waals surface area contributed by atoms with E-state index in [0.717, 1.165) is 0 Å². The highest BCUT2D eigenvalue weighted by molar-refractivity contribution is 14.1. The molecule has 0 saturated heterocycles. The van der Waals surface area contributed by atoms with Gasteiger partial charge >= 0.3 is 0 Å². The van der Waals surface area contributed by atoms with Gasteiger partial charge in [-0.2, -0.15) is 0 Å².